The van der Waals surface area contributed by atoms with Gasteiger partial charge in [0, 0.05) is 17.2 Å². The molecule has 0 fully saturated rings. The van der Waals surface area contributed by atoms with E-state index in [0.717, 1.165) is 5.56 Å². The van der Waals surface area contributed by atoms with Crippen molar-refractivity contribution in [1.29, 1.82) is 0 Å². The maximum absolute atomic E-state index is 11.9. The van der Waals surface area contributed by atoms with Gasteiger partial charge in [0.15, 0.2) is 0 Å². The van der Waals surface area contributed by atoms with Crippen molar-refractivity contribution >= 4 is 35.0 Å². The molecule has 1 N–H and O–H groups in total. The number of nitrogens with one attached hydrogen (secondary N) is 1. The largest absolute Gasteiger partial charge is 0.322 e. The number of nitro benzene ring substituents is 1. The quantitative estimate of drug-likeness (QED) is 0.521. The first kappa shape index (κ1) is 15.7. The van der Waals surface area contributed by atoms with Crippen LogP contribution in [0.3, 0.4) is 0 Å². The highest BCUT2D eigenvalue weighted by Crippen LogP contribution is 2.25. The lowest BCUT2D eigenvalue weighted by atomic mass is 10.1. The zero-order valence-corrected chi connectivity index (χ0v) is 12.5. The first-order chi connectivity index (χ1) is 10.5. The van der Waals surface area contributed by atoms with Gasteiger partial charge < -0.3 is 5.32 Å². The first-order valence-electron chi connectivity index (χ1n) is 6.46. The number of nitro groups is 1. The van der Waals surface area contributed by atoms with Crippen molar-refractivity contribution in [3.05, 3.63) is 74.8 Å². The standard InChI is InChI=1S/C16H13ClN2O3/c1-11-14(3-2-4-15(11)19(21)22)18-16(20)10-7-12-5-8-13(17)9-6-12/h2-10H,1H3,(H,18,20). The van der Waals surface area contributed by atoms with Crippen molar-refractivity contribution in [2.45, 2.75) is 6.92 Å². The SMILES string of the molecule is Cc1c(NC(=O)C=Cc2ccc(Cl)cc2)cccc1[N+](=O)[O-]. The van der Waals surface area contributed by atoms with Crippen molar-refractivity contribution in [2.75, 3.05) is 5.32 Å². The molecule has 0 aromatic heterocycles. The van der Waals surface area contributed by atoms with Gasteiger partial charge in [0.2, 0.25) is 5.91 Å². The molecule has 0 spiro atoms. The van der Waals surface area contributed by atoms with Gasteiger partial charge in [-0.1, -0.05) is 29.8 Å². The van der Waals surface area contributed by atoms with Crippen molar-refractivity contribution < 1.29 is 9.72 Å². The third kappa shape index (κ3) is 3.93. The fraction of sp³-hybridized carbons (Fsp3) is 0.0625. The van der Waals surface area contributed by atoms with Crippen LogP contribution >= 0.6 is 11.6 Å². The number of carbonyl (C=O) groups is 1. The molecule has 2 rings (SSSR count). The van der Waals surface area contributed by atoms with Crippen molar-refractivity contribution in [2.24, 2.45) is 0 Å². The second kappa shape index (κ2) is 6.87. The van der Waals surface area contributed by atoms with Crippen LogP contribution in [0.1, 0.15) is 11.1 Å². The van der Waals surface area contributed by atoms with Crippen LogP contribution in [0.2, 0.25) is 5.02 Å². The Hall–Kier alpha value is -2.66. The molecule has 0 bridgehead atoms. The summed E-state index contributed by atoms with van der Waals surface area (Å²) in [5, 5.41) is 14.1. The Morgan fingerprint density at radius 3 is 2.55 bits per heavy atom. The molecule has 0 saturated heterocycles. The maximum atomic E-state index is 11.9. The number of hydrogen-bond donors (Lipinski definition) is 1. The Morgan fingerprint density at radius 1 is 1.23 bits per heavy atom. The topological polar surface area (TPSA) is 72.2 Å². The second-order valence-electron chi connectivity index (χ2n) is 4.58. The minimum atomic E-state index is -0.478. The van der Waals surface area contributed by atoms with Crippen molar-refractivity contribution in [3.8, 4) is 0 Å². The summed E-state index contributed by atoms with van der Waals surface area (Å²) in [5.74, 6) is -0.362. The number of amides is 1. The van der Waals surface area contributed by atoms with E-state index < -0.39 is 4.92 Å². The Kier molecular flexibility index (Phi) is 4.91. The van der Waals surface area contributed by atoms with Crippen LogP contribution in [-0.4, -0.2) is 10.8 Å². The van der Waals surface area contributed by atoms with Gasteiger partial charge in [0.05, 0.1) is 16.2 Å². The van der Waals surface area contributed by atoms with Gasteiger partial charge in [-0.3, -0.25) is 14.9 Å². The lowest BCUT2D eigenvalue weighted by Crippen LogP contribution is -2.09. The van der Waals surface area contributed by atoms with Gasteiger partial charge in [-0.2, -0.15) is 0 Å². The highest BCUT2D eigenvalue weighted by molar-refractivity contribution is 6.30. The molecule has 22 heavy (non-hydrogen) atoms. The van der Waals surface area contributed by atoms with E-state index in [1.54, 1.807) is 43.3 Å². The van der Waals surface area contributed by atoms with Crippen molar-refractivity contribution in [1.82, 2.24) is 0 Å². The summed E-state index contributed by atoms with van der Waals surface area (Å²) in [6.45, 7) is 1.59. The van der Waals surface area contributed by atoms with E-state index in [1.807, 2.05) is 0 Å². The Labute approximate surface area is 132 Å². The van der Waals surface area contributed by atoms with Gasteiger partial charge in [0.1, 0.15) is 0 Å². The molecule has 0 aliphatic rings. The molecular formula is C16H13ClN2O3. The van der Waals surface area contributed by atoms with Gasteiger partial charge in [0.25, 0.3) is 5.69 Å². The van der Waals surface area contributed by atoms with Gasteiger partial charge in [-0.25, -0.2) is 0 Å². The summed E-state index contributed by atoms with van der Waals surface area (Å²) < 4.78 is 0. The van der Waals surface area contributed by atoms with E-state index in [4.69, 9.17) is 11.6 Å². The van der Waals surface area contributed by atoms with E-state index >= 15 is 0 Å². The van der Waals surface area contributed by atoms with E-state index in [9.17, 15) is 14.9 Å². The smallest absolute Gasteiger partial charge is 0.274 e. The minimum absolute atomic E-state index is 0.0283. The Bertz CT molecular complexity index is 740. The number of halogens is 1. The molecule has 6 heteroatoms. The maximum Gasteiger partial charge on any atom is 0.274 e. The number of nitrogens with zero attached hydrogens (tertiary/aromatic N) is 1. The Morgan fingerprint density at radius 2 is 1.91 bits per heavy atom. The van der Waals surface area contributed by atoms with Crippen molar-refractivity contribution in [3.63, 3.8) is 0 Å². The molecule has 0 unspecified atom stereocenters. The molecule has 2 aromatic carbocycles. The van der Waals surface area contributed by atoms with E-state index in [2.05, 4.69) is 5.32 Å². The molecule has 0 aliphatic heterocycles. The van der Waals surface area contributed by atoms with Crippen LogP contribution in [-0.2, 0) is 4.79 Å². The molecular weight excluding hydrogens is 304 g/mol. The second-order valence-corrected chi connectivity index (χ2v) is 5.02. The number of hydrogen-bond acceptors (Lipinski definition) is 3. The highest BCUT2D eigenvalue weighted by Gasteiger charge is 2.13. The summed E-state index contributed by atoms with van der Waals surface area (Å²) in [6, 6.07) is 11.6. The zero-order valence-electron chi connectivity index (χ0n) is 11.7. The van der Waals surface area contributed by atoms with Crippen LogP contribution in [0.25, 0.3) is 6.08 Å². The fourth-order valence-corrected chi connectivity index (χ4v) is 2.00. The van der Waals surface area contributed by atoms with Gasteiger partial charge >= 0.3 is 0 Å². The average molecular weight is 317 g/mol. The van der Waals surface area contributed by atoms with Crippen LogP contribution in [0.15, 0.2) is 48.5 Å². The molecule has 1 amide bonds. The molecule has 0 aliphatic carbocycles. The summed E-state index contributed by atoms with van der Waals surface area (Å²) in [4.78, 5) is 22.3. The molecule has 0 radical (unpaired) electrons. The normalized spacial score (nSPS) is 10.6. The van der Waals surface area contributed by atoms with Crippen LogP contribution in [0, 0.1) is 17.0 Å². The lowest BCUT2D eigenvalue weighted by molar-refractivity contribution is -0.385. The number of anilines is 1. The van der Waals surface area contributed by atoms with E-state index in [-0.39, 0.29) is 11.6 Å². The predicted octanol–water partition coefficient (Wildman–Crippen LogP) is 4.21. The third-order valence-electron chi connectivity index (χ3n) is 3.06. The van der Waals surface area contributed by atoms with Crippen LogP contribution in [0.4, 0.5) is 11.4 Å². The monoisotopic (exact) mass is 316 g/mol. The van der Waals surface area contributed by atoms with E-state index in [0.29, 0.717) is 16.3 Å². The number of carbonyl (C=O) groups excluding carboxylic acids is 1. The summed E-state index contributed by atoms with van der Waals surface area (Å²) in [6.07, 6.45) is 3.00. The summed E-state index contributed by atoms with van der Waals surface area (Å²) in [7, 11) is 0. The summed E-state index contributed by atoms with van der Waals surface area (Å²) in [5.41, 5.74) is 1.63. The first-order valence-corrected chi connectivity index (χ1v) is 6.84. The fourth-order valence-electron chi connectivity index (χ4n) is 1.88. The Balaban J connectivity index is 2.11. The number of benzene rings is 2. The molecule has 2 aromatic rings. The van der Waals surface area contributed by atoms with Crippen LogP contribution in [0.5, 0.6) is 0 Å². The number of rotatable bonds is 4. The predicted molar refractivity (Wildman–Crippen MR) is 86.9 cm³/mol. The molecule has 0 saturated carbocycles. The molecule has 0 heterocycles. The highest BCUT2D eigenvalue weighted by atomic mass is 35.5. The molecule has 112 valence electrons. The zero-order chi connectivity index (χ0) is 16.1. The summed E-state index contributed by atoms with van der Waals surface area (Å²) >= 11 is 5.78. The third-order valence-corrected chi connectivity index (χ3v) is 3.31. The van der Waals surface area contributed by atoms with E-state index in [1.165, 1.54) is 18.2 Å². The minimum Gasteiger partial charge on any atom is -0.322 e. The van der Waals surface area contributed by atoms with Crippen LogP contribution < -0.4 is 5.32 Å². The molecule has 0 atom stereocenters. The lowest BCUT2D eigenvalue weighted by Gasteiger charge is -2.06. The average Bonchev–Trinajstić information content (AvgIpc) is 2.48. The molecule has 5 nitrogen and oxygen atoms in total. The van der Waals surface area contributed by atoms with Gasteiger partial charge in [-0.05, 0) is 36.8 Å². The van der Waals surface area contributed by atoms with Gasteiger partial charge in [-0.15, -0.1) is 0 Å².